The van der Waals surface area contributed by atoms with Crippen molar-refractivity contribution >= 4 is 77.1 Å². The maximum atomic E-state index is 13.6. The van der Waals surface area contributed by atoms with Gasteiger partial charge in [0.1, 0.15) is 5.76 Å². The van der Waals surface area contributed by atoms with E-state index in [0.29, 0.717) is 109 Å². The molecule has 1 aliphatic heterocycles. The minimum atomic E-state index is -3.80. The molecule has 16 heteroatoms. The molecular formula is C43H43BrN4O10S. The lowest BCUT2D eigenvalue weighted by Gasteiger charge is -2.26. The number of carboxylic acid groups (broad SMARTS) is 1. The lowest BCUT2D eigenvalue weighted by Crippen LogP contribution is -2.40. The summed E-state index contributed by atoms with van der Waals surface area (Å²) in [5, 5.41) is 14.0. The molecule has 1 saturated heterocycles. The van der Waals surface area contributed by atoms with Crippen molar-refractivity contribution in [3.8, 4) is 11.1 Å². The molecule has 2 fully saturated rings. The topological polar surface area (TPSA) is 201 Å². The molecule has 1 atom stereocenters. The number of rotatable bonds is 8. The summed E-state index contributed by atoms with van der Waals surface area (Å²) in [4.78, 5) is 51.2. The first-order chi connectivity index (χ1) is 28.2. The molecule has 5 aromatic rings. The van der Waals surface area contributed by atoms with E-state index < -0.39 is 27.1 Å². The van der Waals surface area contributed by atoms with Gasteiger partial charge in [-0.25, -0.2) is 17.2 Å². The predicted octanol–water partition coefficient (Wildman–Crippen LogP) is 6.80. The van der Waals surface area contributed by atoms with Gasteiger partial charge in [-0.2, -0.15) is 0 Å². The first kappa shape index (κ1) is 40.5. The Labute approximate surface area is 348 Å². The molecule has 0 spiro atoms. The summed E-state index contributed by atoms with van der Waals surface area (Å²) in [6.45, 7) is 7.67. The summed E-state index contributed by atoms with van der Waals surface area (Å²) in [5.41, 5.74) is 13.5. The number of fused-ring (bicyclic) bond motifs is 5. The Balaban J connectivity index is 0.000000188. The smallest absolute Gasteiger partial charge is 0.336 e. The van der Waals surface area contributed by atoms with Crippen molar-refractivity contribution in [2.45, 2.75) is 64.5 Å². The molecule has 3 aromatic carbocycles. The predicted molar refractivity (Wildman–Crippen MR) is 223 cm³/mol. The molecule has 14 nitrogen and oxygen atoms in total. The Hall–Kier alpha value is -5.32. The van der Waals surface area contributed by atoms with Crippen molar-refractivity contribution in [3.63, 3.8) is 0 Å². The van der Waals surface area contributed by atoms with Crippen molar-refractivity contribution in [2.75, 3.05) is 32.9 Å². The zero-order valence-corrected chi connectivity index (χ0v) is 35.2. The van der Waals surface area contributed by atoms with Crippen LogP contribution >= 0.6 is 15.9 Å². The number of morpholine rings is 1. The highest BCUT2D eigenvalue weighted by Gasteiger charge is 2.40. The van der Waals surface area contributed by atoms with Crippen LogP contribution in [0.25, 0.3) is 38.5 Å². The summed E-state index contributed by atoms with van der Waals surface area (Å²) in [7, 11) is -3.80. The minimum absolute atomic E-state index is 0.0778. The molecule has 59 heavy (non-hydrogen) atoms. The number of amides is 2. The number of nitrogens with two attached hydrogens (primary N) is 1. The number of carbonyl (C=O) groups is 4. The molecule has 0 bridgehead atoms. The Bertz CT molecular complexity index is 2720. The zero-order chi connectivity index (χ0) is 41.9. The van der Waals surface area contributed by atoms with Crippen LogP contribution in [0.1, 0.15) is 92.7 Å². The van der Waals surface area contributed by atoms with Gasteiger partial charge in [0.2, 0.25) is 10.0 Å². The average Bonchev–Trinajstić information content (AvgIpc) is 3.86. The summed E-state index contributed by atoms with van der Waals surface area (Å²) < 4.78 is 45.1. The fourth-order valence-corrected chi connectivity index (χ4v) is 11.0. The Morgan fingerprint density at radius 2 is 1.75 bits per heavy atom. The maximum Gasteiger partial charge on any atom is 0.336 e. The molecule has 2 amide bonds. The molecule has 0 radical (unpaired) electrons. The van der Waals surface area contributed by atoms with E-state index in [1.54, 1.807) is 49.1 Å². The molecule has 4 aliphatic rings. The van der Waals surface area contributed by atoms with Crippen molar-refractivity contribution in [3.05, 3.63) is 91.8 Å². The molecule has 3 aliphatic carbocycles. The van der Waals surface area contributed by atoms with E-state index in [1.165, 1.54) is 9.55 Å². The van der Waals surface area contributed by atoms with E-state index in [2.05, 4.69) is 21.1 Å². The number of halogens is 1. The van der Waals surface area contributed by atoms with Crippen molar-refractivity contribution in [1.29, 1.82) is 0 Å². The van der Waals surface area contributed by atoms with Gasteiger partial charge in [-0.15, -0.1) is 0 Å². The van der Waals surface area contributed by atoms with Crippen LogP contribution in [0.2, 0.25) is 0 Å². The molecule has 308 valence electrons. The molecule has 1 unspecified atom stereocenters. The van der Waals surface area contributed by atoms with Crippen LogP contribution in [0.3, 0.4) is 0 Å². The number of esters is 1. The normalized spacial score (nSPS) is 17.7. The van der Waals surface area contributed by atoms with E-state index in [0.717, 1.165) is 34.0 Å². The lowest BCUT2D eigenvalue weighted by molar-refractivity contribution is -0.148. The van der Waals surface area contributed by atoms with Gasteiger partial charge in [0, 0.05) is 39.5 Å². The number of aromatic carboxylic acids is 1. The quantitative estimate of drug-likeness (QED) is 0.155. The van der Waals surface area contributed by atoms with Gasteiger partial charge >= 0.3 is 11.9 Å². The first-order valence-corrected chi connectivity index (χ1v) is 21.9. The standard InChI is InChI=1S/C26H26N4O6S.C17H17BrO4/c1-14-23(15(2)36-28-14)17-12-20-19-11-16(26(32)29-7-9-35-10-8-29)3-6-22(19)30(37(33,34)18-4-5-18)24(20)21(13-17)25(27)31;1-2-22-17(21)10-4-3-9-5-13-14(12(9)6-10)7-11(18)8-15(13)16(19)20/h3,6,11-13,18H,4-5,7-10H2,1-2H3,(H2,27,31);7-8,10H,2-6H2,1H3,(H,19,20). The summed E-state index contributed by atoms with van der Waals surface area (Å²) in [6, 6.07) is 12.0. The summed E-state index contributed by atoms with van der Waals surface area (Å²) in [5.74, 6) is -1.51. The Kier molecular flexibility index (Phi) is 10.8. The Morgan fingerprint density at radius 3 is 2.39 bits per heavy atom. The van der Waals surface area contributed by atoms with Gasteiger partial charge in [0.25, 0.3) is 11.8 Å². The first-order valence-electron chi connectivity index (χ1n) is 19.6. The number of carboxylic acids is 1. The molecule has 1 saturated carbocycles. The third-order valence-corrected chi connectivity index (χ3v) is 14.3. The van der Waals surface area contributed by atoms with Crippen LogP contribution in [0.4, 0.5) is 0 Å². The largest absolute Gasteiger partial charge is 0.478 e. The summed E-state index contributed by atoms with van der Waals surface area (Å²) in [6.07, 6.45) is 4.07. The van der Waals surface area contributed by atoms with Gasteiger partial charge in [0.15, 0.2) is 0 Å². The second-order valence-electron chi connectivity index (χ2n) is 15.4. The molecular weight excluding hydrogens is 844 g/mol. The van der Waals surface area contributed by atoms with E-state index >= 15 is 0 Å². The molecule has 9 rings (SSSR count). The number of primary amides is 1. The molecule has 3 N–H and O–H groups in total. The number of allylic oxidation sites excluding steroid dienone is 2. The fourth-order valence-electron chi connectivity index (χ4n) is 8.65. The zero-order valence-electron chi connectivity index (χ0n) is 32.8. The highest BCUT2D eigenvalue weighted by molar-refractivity contribution is 9.10. The fraction of sp³-hybridized carbons (Fsp3) is 0.372. The van der Waals surface area contributed by atoms with E-state index in [-0.39, 0.29) is 28.9 Å². The van der Waals surface area contributed by atoms with E-state index in [4.69, 9.17) is 19.7 Å². The Morgan fingerprint density at radius 1 is 1.00 bits per heavy atom. The number of ether oxygens (including phenoxy) is 2. The van der Waals surface area contributed by atoms with Crippen molar-refractivity contribution < 1.29 is 46.7 Å². The maximum absolute atomic E-state index is 13.6. The molecule has 3 heterocycles. The van der Waals surface area contributed by atoms with Gasteiger partial charge < -0.3 is 29.7 Å². The van der Waals surface area contributed by atoms with Gasteiger partial charge in [-0.05, 0) is 124 Å². The van der Waals surface area contributed by atoms with Crippen LogP contribution in [0.5, 0.6) is 0 Å². The SMILES string of the molecule is CCOC(=O)C1CCC2=C(C1)c1cc(Br)cc(C(=O)O)c1C2.Cc1noc(C)c1-c1cc(C(N)=O)c2c(c1)c1cc(C(=O)N3CCOCC3)ccc1n2S(=O)(=O)C1CC1. The van der Waals surface area contributed by atoms with E-state index in [9.17, 15) is 32.7 Å². The summed E-state index contributed by atoms with van der Waals surface area (Å²) >= 11 is 3.39. The monoisotopic (exact) mass is 886 g/mol. The van der Waals surface area contributed by atoms with Gasteiger partial charge in [-0.1, -0.05) is 26.7 Å². The molecule has 2 aromatic heterocycles. The minimum Gasteiger partial charge on any atom is -0.478 e. The number of hydrogen-bond acceptors (Lipinski definition) is 10. The number of benzene rings is 3. The third-order valence-electron chi connectivity index (χ3n) is 11.6. The highest BCUT2D eigenvalue weighted by Crippen LogP contribution is 2.46. The third kappa shape index (κ3) is 7.35. The highest BCUT2D eigenvalue weighted by atomic mass is 79.9. The number of nitrogens with zero attached hydrogens (tertiary/aromatic N) is 3. The second-order valence-corrected chi connectivity index (χ2v) is 18.3. The second kappa shape index (κ2) is 15.7. The number of aryl methyl sites for hydroxylation is 2. The lowest BCUT2D eigenvalue weighted by atomic mass is 9.84. The van der Waals surface area contributed by atoms with Crippen molar-refractivity contribution in [2.24, 2.45) is 11.7 Å². The number of hydrogen-bond donors (Lipinski definition) is 2. The van der Waals surface area contributed by atoms with Crippen molar-refractivity contribution in [1.82, 2.24) is 14.0 Å². The number of carbonyl (C=O) groups excluding carboxylic acids is 3. The van der Waals surface area contributed by atoms with Gasteiger partial charge in [-0.3, -0.25) is 14.4 Å². The van der Waals surface area contributed by atoms with E-state index in [1.807, 2.05) is 19.1 Å². The average molecular weight is 888 g/mol. The van der Waals surface area contributed by atoms with Crippen LogP contribution in [0, 0.1) is 19.8 Å². The van der Waals surface area contributed by atoms with Crippen LogP contribution in [0.15, 0.2) is 57.0 Å². The van der Waals surface area contributed by atoms with Crippen LogP contribution < -0.4 is 5.73 Å². The van der Waals surface area contributed by atoms with Crippen LogP contribution in [-0.4, -0.2) is 89.5 Å². The van der Waals surface area contributed by atoms with Gasteiger partial charge in [0.05, 0.1) is 58.8 Å². The van der Waals surface area contributed by atoms with Crippen LogP contribution in [-0.2, 0) is 30.7 Å². The number of aromatic nitrogens is 2.